The molecule has 0 radical (unpaired) electrons. The van der Waals surface area contributed by atoms with Crippen molar-refractivity contribution in [1.82, 2.24) is 19.6 Å². The van der Waals surface area contributed by atoms with Crippen molar-refractivity contribution >= 4 is 5.78 Å². The first-order valence-electron chi connectivity index (χ1n) is 6.58. The number of hydrogen-bond acceptors (Lipinski definition) is 5. The molecule has 6 heteroatoms. The van der Waals surface area contributed by atoms with Crippen LogP contribution < -0.4 is 0 Å². The van der Waals surface area contributed by atoms with Gasteiger partial charge < -0.3 is 9.84 Å². The second-order valence-corrected chi connectivity index (χ2v) is 5.37. The van der Waals surface area contributed by atoms with Gasteiger partial charge in [0.05, 0.1) is 0 Å². The van der Waals surface area contributed by atoms with Gasteiger partial charge in [0.15, 0.2) is 12.1 Å². The van der Waals surface area contributed by atoms with E-state index in [0.29, 0.717) is 17.5 Å². The van der Waals surface area contributed by atoms with Crippen LogP contribution in [0, 0.1) is 17.8 Å². The summed E-state index contributed by atoms with van der Waals surface area (Å²) in [5, 5.41) is 18.2. The van der Waals surface area contributed by atoms with Crippen LogP contribution in [-0.4, -0.2) is 31.0 Å². The first-order valence-corrected chi connectivity index (χ1v) is 6.58. The largest absolute Gasteiger partial charge is 0.368 e. The fourth-order valence-electron chi connectivity index (χ4n) is 2.66. The molecule has 1 saturated heterocycles. The lowest BCUT2D eigenvalue weighted by atomic mass is 9.79. The minimum absolute atomic E-state index is 0.114. The smallest absolute Gasteiger partial charge is 0.255 e. The molecule has 1 aliphatic heterocycles. The van der Waals surface area contributed by atoms with Crippen molar-refractivity contribution < 1.29 is 9.84 Å². The van der Waals surface area contributed by atoms with Crippen LogP contribution in [0.15, 0.2) is 18.5 Å². The van der Waals surface area contributed by atoms with Crippen LogP contribution >= 0.6 is 0 Å². The van der Waals surface area contributed by atoms with Crippen LogP contribution in [0.3, 0.4) is 0 Å². The highest BCUT2D eigenvalue weighted by Gasteiger charge is 2.40. The lowest BCUT2D eigenvalue weighted by molar-refractivity contribution is -0.229. The fourth-order valence-corrected chi connectivity index (χ4v) is 2.66. The van der Waals surface area contributed by atoms with Crippen molar-refractivity contribution in [1.29, 1.82) is 0 Å². The van der Waals surface area contributed by atoms with Crippen molar-refractivity contribution in [3.8, 4) is 0 Å². The van der Waals surface area contributed by atoms with Gasteiger partial charge in [-0.1, -0.05) is 20.8 Å². The van der Waals surface area contributed by atoms with E-state index in [0.717, 1.165) is 0 Å². The Morgan fingerprint density at radius 1 is 1.16 bits per heavy atom. The maximum absolute atomic E-state index is 10.0. The fraction of sp³-hybridized carbons (Fsp3) is 0.615. The Balaban J connectivity index is 2.01. The maximum atomic E-state index is 10.0. The topological polar surface area (TPSA) is 72.5 Å². The van der Waals surface area contributed by atoms with E-state index < -0.39 is 6.29 Å². The zero-order chi connectivity index (χ0) is 13.6. The van der Waals surface area contributed by atoms with Gasteiger partial charge >= 0.3 is 0 Å². The maximum Gasteiger partial charge on any atom is 0.255 e. The summed E-state index contributed by atoms with van der Waals surface area (Å²) in [5.74, 6) is 1.97. The SMILES string of the molecule is CC1C(O)OC(c2nnc3ncccn23)[C@H](C)[C@@H]1C. The molecule has 6 nitrogen and oxygen atoms in total. The van der Waals surface area contributed by atoms with E-state index in [4.69, 9.17) is 4.74 Å². The molecule has 102 valence electrons. The van der Waals surface area contributed by atoms with E-state index in [1.165, 1.54) is 0 Å². The Morgan fingerprint density at radius 2 is 1.95 bits per heavy atom. The second kappa shape index (κ2) is 4.54. The first kappa shape index (κ1) is 12.5. The van der Waals surface area contributed by atoms with Crippen molar-refractivity contribution in [3.05, 3.63) is 24.3 Å². The van der Waals surface area contributed by atoms with Crippen LogP contribution in [-0.2, 0) is 4.74 Å². The van der Waals surface area contributed by atoms with E-state index in [9.17, 15) is 5.11 Å². The summed E-state index contributed by atoms with van der Waals surface area (Å²) in [6, 6.07) is 1.83. The van der Waals surface area contributed by atoms with Gasteiger partial charge in [-0.25, -0.2) is 4.98 Å². The molecule has 2 aromatic heterocycles. The Morgan fingerprint density at radius 3 is 2.74 bits per heavy atom. The normalized spacial score (nSPS) is 35.7. The molecule has 0 amide bonds. The molecule has 3 rings (SSSR count). The van der Waals surface area contributed by atoms with Gasteiger partial charge in [0.2, 0.25) is 0 Å². The van der Waals surface area contributed by atoms with E-state index in [1.807, 2.05) is 23.6 Å². The van der Waals surface area contributed by atoms with Crippen molar-refractivity contribution in [3.63, 3.8) is 0 Å². The molecular formula is C13H18N4O2. The predicted molar refractivity (Wildman–Crippen MR) is 68.1 cm³/mol. The van der Waals surface area contributed by atoms with Crippen LogP contribution in [0.4, 0.5) is 0 Å². The molecule has 0 spiro atoms. The number of nitrogens with zero attached hydrogens (tertiary/aromatic N) is 4. The Hall–Kier alpha value is -1.53. The summed E-state index contributed by atoms with van der Waals surface area (Å²) >= 11 is 0. The number of fused-ring (bicyclic) bond motifs is 1. The van der Waals surface area contributed by atoms with Crippen molar-refractivity contribution in [2.24, 2.45) is 17.8 Å². The molecule has 3 unspecified atom stereocenters. The molecule has 5 atom stereocenters. The summed E-state index contributed by atoms with van der Waals surface area (Å²) in [7, 11) is 0. The first-order chi connectivity index (χ1) is 9.09. The number of rotatable bonds is 1. The van der Waals surface area contributed by atoms with Gasteiger partial charge in [-0.15, -0.1) is 10.2 Å². The van der Waals surface area contributed by atoms with Crippen LogP contribution in [0.25, 0.3) is 5.78 Å². The summed E-state index contributed by atoms with van der Waals surface area (Å²) in [6.07, 6.45) is 2.52. The third-order valence-corrected chi connectivity index (χ3v) is 4.34. The van der Waals surface area contributed by atoms with Crippen molar-refractivity contribution in [2.45, 2.75) is 33.2 Å². The molecule has 2 aromatic rings. The number of ether oxygens (including phenoxy) is 1. The van der Waals surface area contributed by atoms with E-state index >= 15 is 0 Å². The third kappa shape index (κ3) is 1.91. The number of hydrogen-bond donors (Lipinski definition) is 1. The van der Waals surface area contributed by atoms with Gasteiger partial charge in [-0.3, -0.25) is 4.40 Å². The number of aromatic nitrogens is 4. The van der Waals surface area contributed by atoms with Gasteiger partial charge in [-0.05, 0) is 17.9 Å². The molecule has 19 heavy (non-hydrogen) atoms. The Bertz CT molecular complexity index is 585. The zero-order valence-electron chi connectivity index (χ0n) is 11.3. The highest BCUT2D eigenvalue weighted by molar-refractivity contribution is 5.27. The van der Waals surface area contributed by atoms with Gasteiger partial charge in [0.1, 0.15) is 6.10 Å². The summed E-state index contributed by atoms with van der Waals surface area (Å²) in [4.78, 5) is 4.15. The van der Waals surface area contributed by atoms with Crippen molar-refractivity contribution in [2.75, 3.05) is 0 Å². The minimum Gasteiger partial charge on any atom is -0.368 e. The average Bonchev–Trinajstić information content (AvgIpc) is 2.84. The van der Waals surface area contributed by atoms with Crippen LogP contribution in [0.1, 0.15) is 32.7 Å². The number of aliphatic hydroxyl groups excluding tert-OH is 1. The standard InChI is InChI=1S/C13H18N4O2/c1-7-8(2)10(19-12(18)9(7)3)11-15-16-13-14-5-4-6-17(11)13/h4-10,12,18H,1-3H3/t7-,8+,9?,10?,12?/m0/s1. The van der Waals surface area contributed by atoms with Gasteiger partial charge in [0.25, 0.3) is 5.78 Å². The average molecular weight is 262 g/mol. The molecule has 0 aromatic carbocycles. The molecule has 0 bridgehead atoms. The monoisotopic (exact) mass is 262 g/mol. The van der Waals surface area contributed by atoms with Crippen LogP contribution in [0.2, 0.25) is 0 Å². The molecule has 1 fully saturated rings. The summed E-state index contributed by atoms with van der Waals surface area (Å²) in [6.45, 7) is 6.26. The third-order valence-electron chi connectivity index (χ3n) is 4.34. The molecule has 0 saturated carbocycles. The van der Waals surface area contributed by atoms with E-state index in [1.54, 1.807) is 6.20 Å². The second-order valence-electron chi connectivity index (χ2n) is 5.37. The quantitative estimate of drug-likeness (QED) is 0.841. The highest BCUT2D eigenvalue weighted by Crippen LogP contribution is 2.41. The van der Waals surface area contributed by atoms with Crippen LogP contribution in [0.5, 0.6) is 0 Å². The zero-order valence-corrected chi connectivity index (χ0v) is 11.3. The lowest BCUT2D eigenvalue weighted by Gasteiger charge is -2.40. The highest BCUT2D eigenvalue weighted by atomic mass is 16.6. The van der Waals surface area contributed by atoms with E-state index in [2.05, 4.69) is 29.0 Å². The lowest BCUT2D eigenvalue weighted by Crippen LogP contribution is -2.41. The molecule has 0 aliphatic carbocycles. The van der Waals surface area contributed by atoms with E-state index in [-0.39, 0.29) is 17.9 Å². The molecular weight excluding hydrogens is 244 g/mol. The Kier molecular flexibility index (Phi) is 2.99. The summed E-state index contributed by atoms with van der Waals surface area (Å²) < 4.78 is 7.55. The summed E-state index contributed by atoms with van der Waals surface area (Å²) in [5.41, 5.74) is 0. The minimum atomic E-state index is -0.764. The Labute approximate surface area is 111 Å². The molecule has 1 N–H and O–H groups in total. The van der Waals surface area contributed by atoms with Gasteiger partial charge in [0, 0.05) is 18.3 Å². The number of aliphatic hydroxyl groups is 1. The molecule has 3 heterocycles. The predicted octanol–water partition coefficient (Wildman–Crippen LogP) is 1.42. The molecule has 1 aliphatic rings. The van der Waals surface area contributed by atoms with Gasteiger partial charge in [-0.2, -0.15) is 0 Å².